The minimum absolute atomic E-state index is 0.220. The molecule has 0 aromatic heterocycles. The van der Waals surface area contributed by atoms with Crippen molar-refractivity contribution in [1.82, 2.24) is 0 Å². The van der Waals surface area contributed by atoms with Crippen LogP contribution in [-0.4, -0.2) is 6.21 Å². The summed E-state index contributed by atoms with van der Waals surface area (Å²) in [5, 5.41) is 7.42. The fourth-order valence-electron chi connectivity index (χ4n) is 3.18. The van der Waals surface area contributed by atoms with E-state index in [1.165, 1.54) is 49.4 Å². The number of rotatable bonds is 5. The molecule has 1 heteroatoms. The molecule has 1 aromatic rings. The molecule has 19 heavy (non-hydrogen) atoms. The zero-order chi connectivity index (χ0) is 13.7. The zero-order valence-electron chi connectivity index (χ0n) is 11.9. The molecule has 1 saturated carbocycles. The topological polar surface area (TPSA) is 23.9 Å². The van der Waals surface area contributed by atoms with Gasteiger partial charge in [-0.05, 0) is 36.1 Å². The van der Waals surface area contributed by atoms with Gasteiger partial charge >= 0.3 is 0 Å². The molecule has 1 aliphatic rings. The van der Waals surface area contributed by atoms with Gasteiger partial charge < -0.3 is 5.41 Å². The first-order valence-corrected chi connectivity index (χ1v) is 7.49. The molecular formula is C18H25N. The Balaban J connectivity index is 2.12. The highest BCUT2D eigenvalue weighted by Crippen LogP contribution is 2.33. The Bertz CT molecular complexity index is 412. The number of hydrogen-bond donors (Lipinski definition) is 1. The Labute approximate surface area is 117 Å². The van der Waals surface area contributed by atoms with Crippen LogP contribution in [0.25, 0.3) is 0 Å². The fraction of sp³-hybridized carbons (Fsp3) is 0.500. The van der Waals surface area contributed by atoms with Crippen LogP contribution in [0.4, 0.5) is 0 Å². The maximum absolute atomic E-state index is 7.42. The Morgan fingerprint density at radius 2 is 1.79 bits per heavy atom. The minimum atomic E-state index is 0.220. The van der Waals surface area contributed by atoms with E-state index in [1.807, 2.05) is 6.08 Å². The van der Waals surface area contributed by atoms with Crippen molar-refractivity contribution >= 4 is 6.21 Å². The second-order valence-corrected chi connectivity index (χ2v) is 5.79. The third-order valence-electron chi connectivity index (χ3n) is 4.48. The van der Waals surface area contributed by atoms with E-state index >= 15 is 0 Å². The highest BCUT2D eigenvalue weighted by atomic mass is 14.4. The number of allylic oxidation sites excluding steroid dienone is 1. The van der Waals surface area contributed by atoms with Crippen LogP contribution in [0.3, 0.4) is 0 Å². The average molecular weight is 255 g/mol. The lowest BCUT2D eigenvalue weighted by atomic mass is 9.82. The lowest BCUT2D eigenvalue weighted by Gasteiger charge is -2.23. The Hall–Kier alpha value is -1.37. The molecule has 0 radical (unpaired) electrons. The summed E-state index contributed by atoms with van der Waals surface area (Å²) >= 11 is 0. The van der Waals surface area contributed by atoms with Crippen LogP contribution in [0.2, 0.25) is 0 Å². The van der Waals surface area contributed by atoms with Gasteiger partial charge in [0.25, 0.3) is 0 Å². The van der Waals surface area contributed by atoms with E-state index < -0.39 is 0 Å². The Morgan fingerprint density at radius 3 is 2.32 bits per heavy atom. The van der Waals surface area contributed by atoms with Crippen molar-refractivity contribution < 1.29 is 0 Å². The highest BCUT2D eigenvalue weighted by molar-refractivity contribution is 5.59. The molecule has 2 unspecified atom stereocenters. The molecule has 1 aliphatic carbocycles. The maximum atomic E-state index is 7.42. The van der Waals surface area contributed by atoms with Gasteiger partial charge in [-0.3, -0.25) is 0 Å². The first-order chi connectivity index (χ1) is 9.26. The van der Waals surface area contributed by atoms with Gasteiger partial charge in [-0.25, -0.2) is 0 Å². The van der Waals surface area contributed by atoms with E-state index in [-0.39, 0.29) is 11.8 Å². The van der Waals surface area contributed by atoms with Crippen molar-refractivity contribution in [2.75, 3.05) is 0 Å². The monoisotopic (exact) mass is 255 g/mol. The van der Waals surface area contributed by atoms with E-state index in [0.29, 0.717) is 0 Å². The van der Waals surface area contributed by atoms with Crippen LogP contribution in [0.15, 0.2) is 36.9 Å². The predicted molar refractivity (Wildman–Crippen MR) is 83.2 cm³/mol. The number of nitrogens with one attached hydrogen (secondary N) is 1. The van der Waals surface area contributed by atoms with Crippen LogP contribution in [0.1, 0.15) is 62.0 Å². The zero-order valence-corrected chi connectivity index (χ0v) is 11.9. The molecule has 0 amide bonds. The third-order valence-corrected chi connectivity index (χ3v) is 4.48. The van der Waals surface area contributed by atoms with Crippen LogP contribution in [0, 0.1) is 11.3 Å². The van der Waals surface area contributed by atoms with E-state index in [0.717, 1.165) is 5.92 Å². The van der Waals surface area contributed by atoms with Crippen molar-refractivity contribution in [3.63, 3.8) is 0 Å². The summed E-state index contributed by atoms with van der Waals surface area (Å²) in [6.07, 6.45) is 10.3. The fourth-order valence-corrected chi connectivity index (χ4v) is 3.18. The maximum Gasteiger partial charge on any atom is 0.00902 e. The van der Waals surface area contributed by atoms with Crippen LogP contribution in [-0.2, 0) is 0 Å². The molecule has 0 saturated heterocycles. The summed E-state index contributed by atoms with van der Waals surface area (Å²) in [4.78, 5) is 0. The highest BCUT2D eigenvalue weighted by Gasteiger charge is 2.17. The third kappa shape index (κ3) is 3.34. The molecule has 102 valence electrons. The molecular weight excluding hydrogens is 230 g/mol. The van der Waals surface area contributed by atoms with Gasteiger partial charge in [0.2, 0.25) is 0 Å². The molecule has 1 nitrogen and oxygen atoms in total. The smallest absolute Gasteiger partial charge is 0.00902 e. The van der Waals surface area contributed by atoms with Gasteiger partial charge in [0, 0.05) is 11.8 Å². The minimum Gasteiger partial charge on any atom is -0.313 e. The summed E-state index contributed by atoms with van der Waals surface area (Å²) in [5.74, 6) is 1.25. The van der Waals surface area contributed by atoms with Crippen LogP contribution < -0.4 is 0 Å². The molecule has 0 aliphatic heterocycles. The molecule has 0 heterocycles. The molecule has 2 atom stereocenters. The van der Waals surface area contributed by atoms with Crippen LogP contribution >= 0.6 is 0 Å². The summed E-state index contributed by atoms with van der Waals surface area (Å²) in [5.41, 5.74) is 2.78. The van der Waals surface area contributed by atoms with Gasteiger partial charge in [0.1, 0.15) is 0 Å². The average Bonchev–Trinajstić information content (AvgIpc) is 2.49. The van der Waals surface area contributed by atoms with Gasteiger partial charge in [-0.2, -0.15) is 0 Å². The largest absolute Gasteiger partial charge is 0.313 e. The standard InChI is InChI=1S/C18H25N/c1-3-18(14(2)13-19)17-11-9-16(10-12-17)15-7-5-4-6-8-15/h3,9-15,18-19H,1,4-8H2,2H3. The quantitative estimate of drug-likeness (QED) is 0.546. The predicted octanol–water partition coefficient (Wildman–Crippen LogP) is 5.29. The summed E-state index contributed by atoms with van der Waals surface area (Å²) in [7, 11) is 0. The van der Waals surface area contributed by atoms with E-state index in [4.69, 9.17) is 5.41 Å². The van der Waals surface area contributed by atoms with Gasteiger partial charge in [0.05, 0.1) is 0 Å². The van der Waals surface area contributed by atoms with E-state index in [9.17, 15) is 0 Å². The van der Waals surface area contributed by atoms with Crippen molar-refractivity contribution in [2.24, 2.45) is 5.92 Å². The molecule has 2 rings (SSSR count). The number of hydrogen-bond acceptors (Lipinski definition) is 1. The van der Waals surface area contributed by atoms with Crippen molar-refractivity contribution in [1.29, 1.82) is 5.41 Å². The lowest BCUT2D eigenvalue weighted by molar-refractivity contribution is 0.443. The molecule has 1 aromatic carbocycles. The number of benzene rings is 1. The second-order valence-electron chi connectivity index (χ2n) is 5.79. The summed E-state index contributed by atoms with van der Waals surface area (Å²) < 4.78 is 0. The van der Waals surface area contributed by atoms with Gasteiger partial charge in [-0.15, -0.1) is 6.58 Å². The van der Waals surface area contributed by atoms with Gasteiger partial charge in [-0.1, -0.05) is 56.5 Å². The van der Waals surface area contributed by atoms with Crippen molar-refractivity contribution in [2.45, 2.75) is 50.9 Å². The first kappa shape index (κ1) is 14.0. The summed E-state index contributed by atoms with van der Waals surface area (Å²) in [6.45, 7) is 5.99. The van der Waals surface area contributed by atoms with Crippen LogP contribution in [0.5, 0.6) is 0 Å². The molecule has 1 fully saturated rings. The van der Waals surface area contributed by atoms with Gasteiger partial charge in [0.15, 0.2) is 0 Å². The van der Waals surface area contributed by atoms with E-state index in [2.05, 4.69) is 37.8 Å². The molecule has 0 bridgehead atoms. The molecule has 1 N–H and O–H groups in total. The molecule has 0 spiro atoms. The lowest BCUT2D eigenvalue weighted by Crippen LogP contribution is -2.09. The SMILES string of the molecule is C=CC(c1ccc(C2CCCCC2)cc1)C(C)C=N. The normalized spacial score (nSPS) is 19.6. The Kier molecular flexibility index (Phi) is 4.95. The Morgan fingerprint density at radius 1 is 1.16 bits per heavy atom. The van der Waals surface area contributed by atoms with E-state index in [1.54, 1.807) is 0 Å². The second kappa shape index (κ2) is 6.70. The van der Waals surface area contributed by atoms with Crippen molar-refractivity contribution in [3.8, 4) is 0 Å². The van der Waals surface area contributed by atoms with Crippen molar-refractivity contribution in [3.05, 3.63) is 48.0 Å². The first-order valence-electron chi connectivity index (χ1n) is 7.49. The summed E-state index contributed by atoms with van der Waals surface area (Å²) in [6, 6.07) is 9.05.